The van der Waals surface area contributed by atoms with Crippen molar-refractivity contribution in [2.24, 2.45) is 0 Å². The van der Waals surface area contributed by atoms with E-state index in [-0.39, 0.29) is 5.91 Å². The van der Waals surface area contributed by atoms with Crippen LogP contribution in [0.25, 0.3) is 10.9 Å². The summed E-state index contributed by atoms with van der Waals surface area (Å²) in [5.41, 5.74) is 2.37. The monoisotopic (exact) mass is 355 g/mol. The molecule has 2 heterocycles. The molecule has 0 fully saturated rings. The van der Waals surface area contributed by atoms with Gasteiger partial charge in [0.2, 0.25) is 0 Å². The number of anilines is 1. The number of hydrogen-bond donors (Lipinski definition) is 1. The molecule has 27 heavy (non-hydrogen) atoms. The summed E-state index contributed by atoms with van der Waals surface area (Å²) >= 11 is 0. The van der Waals surface area contributed by atoms with Crippen LogP contribution in [0.1, 0.15) is 15.9 Å². The lowest BCUT2D eigenvalue weighted by atomic mass is 10.2. The smallest absolute Gasteiger partial charge is 0.256 e. The summed E-state index contributed by atoms with van der Waals surface area (Å²) in [7, 11) is 0. The molecule has 0 atom stereocenters. The first-order chi connectivity index (χ1) is 13.3. The number of hydrogen-bond acceptors (Lipinski definition) is 4. The molecule has 132 valence electrons. The molecule has 4 rings (SSSR count). The second kappa shape index (κ2) is 7.66. The van der Waals surface area contributed by atoms with Gasteiger partial charge in [-0.2, -0.15) is 0 Å². The van der Waals surface area contributed by atoms with Crippen molar-refractivity contribution in [2.45, 2.75) is 6.61 Å². The Morgan fingerprint density at radius 2 is 1.78 bits per heavy atom. The molecule has 2 aromatic heterocycles. The van der Waals surface area contributed by atoms with Crippen molar-refractivity contribution in [2.75, 3.05) is 5.32 Å². The summed E-state index contributed by atoms with van der Waals surface area (Å²) in [6.45, 7) is 0.431. The van der Waals surface area contributed by atoms with Gasteiger partial charge >= 0.3 is 0 Å². The Kier molecular flexibility index (Phi) is 4.74. The Morgan fingerprint density at radius 1 is 0.926 bits per heavy atom. The summed E-state index contributed by atoms with van der Waals surface area (Å²) in [4.78, 5) is 21.0. The third-order valence-electron chi connectivity index (χ3n) is 4.08. The van der Waals surface area contributed by atoms with E-state index in [9.17, 15) is 4.79 Å². The number of carbonyl (C=O) groups is 1. The zero-order valence-electron chi connectivity index (χ0n) is 14.5. The number of benzene rings is 2. The second-order valence-corrected chi connectivity index (χ2v) is 6.02. The maximum atomic E-state index is 12.4. The van der Waals surface area contributed by atoms with Gasteiger partial charge in [-0.05, 0) is 48.5 Å². The number of ether oxygens (including phenoxy) is 1. The lowest BCUT2D eigenvalue weighted by Crippen LogP contribution is -2.12. The molecule has 1 N–H and O–H groups in total. The van der Waals surface area contributed by atoms with E-state index in [1.54, 1.807) is 42.7 Å². The lowest BCUT2D eigenvalue weighted by Gasteiger charge is -2.08. The number of nitrogens with one attached hydrogen (secondary N) is 1. The minimum atomic E-state index is -0.211. The number of nitrogens with zero attached hydrogens (tertiary/aromatic N) is 2. The number of rotatable bonds is 5. The molecule has 5 nitrogen and oxygen atoms in total. The molecule has 0 saturated heterocycles. The van der Waals surface area contributed by atoms with Gasteiger partial charge < -0.3 is 10.1 Å². The Morgan fingerprint density at radius 3 is 2.59 bits per heavy atom. The van der Waals surface area contributed by atoms with Crippen LogP contribution in [0.3, 0.4) is 0 Å². The Hall–Kier alpha value is -3.73. The van der Waals surface area contributed by atoms with E-state index in [2.05, 4.69) is 15.3 Å². The molecule has 2 aromatic carbocycles. The highest BCUT2D eigenvalue weighted by Crippen LogP contribution is 2.17. The maximum Gasteiger partial charge on any atom is 0.256 e. The van der Waals surface area contributed by atoms with Crippen LogP contribution < -0.4 is 10.1 Å². The molecule has 0 spiro atoms. The lowest BCUT2D eigenvalue weighted by molar-refractivity contribution is 0.102. The van der Waals surface area contributed by atoms with Crippen molar-refractivity contribution < 1.29 is 9.53 Å². The van der Waals surface area contributed by atoms with E-state index in [4.69, 9.17) is 4.74 Å². The van der Waals surface area contributed by atoms with Crippen molar-refractivity contribution >= 4 is 22.6 Å². The molecule has 0 radical (unpaired) electrons. The first-order valence-corrected chi connectivity index (χ1v) is 8.57. The third-order valence-corrected chi connectivity index (χ3v) is 4.08. The van der Waals surface area contributed by atoms with Gasteiger partial charge in [-0.15, -0.1) is 0 Å². The number of pyridine rings is 2. The molecular formula is C22H17N3O2. The molecular weight excluding hydrogens is 338 g/mol. The SMILES string of the molecule is O=C(Nc1ccc2ccccc2n1)c1ccc(OCc2cccnc2)cc1. The summed E-state index contributed by atoms with van der Waals surface area (Å²) in [6.07, 6.45) is 3.49. The molecule has 0 aliphatic heterocycles. The van der Waals surface area contributed by atoms with Gasteiger partial charge in [-0.25, -0.2) is 4.98 Å². The maximum absolute atomic E-state index is 12.4. The van der Waals surface area contributed by atoms with E-state index >= 15 is 0 Å². The standard InChI is InChI=1S/C22H17N3O2/c26-22(25-21-12-9-17-5-1-2-6-20(17)24-21)18-7-10-19(11-8-18)27-15-16-4-3-13-23-14-16/h1-14H,15H2,(H,24,25,26). The molecule has 0 aliphatic rings. The molecule has 1 amide bonds. The average Bonchev–Trinajstić information content (AvgIpc) is 2.73. The van der Waals surface area contributed by atoms with Crippen LogP contribution in [0, 0.1) is 0 Å². The fourth-order valence-corrected chi connectivity index (χ4v) is 2.68. The molecule has 4 aromatic rings. The predicted octanol–water partition coefficient (Wildman–Crippen LogP) is 4.46. The Balaban J connectivity index is 1.41. The van der Waals surface area contributed by atoms with Crippen molar-refractivity contribution in [1.82, 2.24) is 9.97 Å². The van der Waals surface area contributed by atoms with Crippen LogP contribution in [-0.2, 0) is 6.61 Å². The molecule has 5 heteroatoms. The summed E-state index contributed by atoms with van der Waals surface area (Å²) < 4.78 is 5.71. The van der Waals surface area contributed by atoms with Crippen LogP contribution in [0.2, 0.25) is 0 Å². The van der Waals surface area contributed by atoms with Crippen LogP contribution >= 0.6 is 0 Å². The van der Waals surface area contributed by atoms with Gasteiger partial charge in [-0.1, -0.05) is 24.3 Å². The quantitative estimate of drug-likeness (QED) is 0.574. The van der Waals surface area contributed by atoms with Crippen LogP contribution in [0.15, 0.2) is 85.2 Å². The number of fused-ring (bicyclic) bond motifs is 1. The largest absolute Gasteiger partial charge is 0.489 e. The Bertz CT molecular complexity index is 1060. The number of carbonyl (C=O) groups excluding carboxylic acids is 1. The van der Waals surface area contributed by atoms with Crippen molar-refractivity contribution in [3.63, 3.8) is 0 Å². The first-order valence-electron chi connectivity index (χ1n) is 8.57. The van der Waals surface area contributed by atoms with Crippen LogP contribution in [0.4, 0.5) is 5.82 Å². The van der Waals surface area contributed by atoms with Crippen molar-refractivity contribution in [1.29, 1.82) is 0 Å². The summed E-state index contributed by atoms with van der Waals surface area (Å²) in [6, 6.07) is 22.3. The molecule has 0 unspecified atom stereocenters. The number of amides is 1. The number of aromatic nitrogens is 2. The van der Waals surface area contributed by atoms with Gasteiger partial charge in [0.05, 0.1) is 5.52 Å². The fraction of sp³-hybridized carbons (Fsp3) is 0.0455. The van der Waals surface area contributed by atoms with Gasteiger partial charge in [-0.3, -0.25) is 9.78 Å². The molecule has 0 aliphatic carbocycles. The van der Waals surface area contributed by atoms with E-state index in [0.717, 1.165) is 16.5 Å². The topological polar surface area (TPSA) is 64.1 Å². The summed E-state index contributed by atoms with van der Waals surface area (Å²) in [5.74, 6) is 1.01. The highest BCUT2D eigenvalue weighted by molar-refractivity contribution is 6.04. The second-order valence-electron chi connectivity index (χ2n) is 6.02. The highest BCUT2D eigenvalue weighted by Gasteiger charge is 2.08. The minimum absolute atomic E-state index is 0.211. The van der Waals surface area contributed by atoms with Gasteiger partial charge in [0.1, 0.15) is 18.2 Å². The average molecular weight is 355 g/mol. The first kappa shape index (κ1) is 16.7. The van der Waals surface area contributed by atoms with E-state index in [0.29, 0.717) is 23.7 Å². The van der Waals surface area contributed by atoms with E-state index in [1.807, 2.05) is 42.5 Å². The fourth-order valence-electron chi connectivity index (χ4n) is 2.68. The molecule has 0 saturated carbocycles. The highest BCUT2D eigenvalue weighted by atomic mass is 16.5. The molecule has 0 bridgehead atoms. The third kappa shape index (κ3) is 4.10. The zero-order chi connectivity index (χ0) is 18.5. The minimum Gasteiger partial charge on any atom is -0.489 e. The summed E-state index contributed by atoms with van der Waals surface area (Å²) in [5, 5.41) is 3.86. The van der Waals surface area contributed by atoms with Crippen LogP contribution in [-0.4, -0.2) is 15.9 Å². The van der Waals surface area contributed by atoms with Gasteiger partial charge in [0.25, 0.3) is 5.91 Å². The Labute approximate surface area is 156 Å². The van der Waals surface area contributed by atoms with Gasteiger partial charge in [0, 0.05) is 28.9 Å². The van der Waals surface area contributed by atoms with Gasteiger partial charge in [0.15, 0.2) is 0 Å². The predicted molar refractivity (Wildman–Crippen MR) is 105 cm³/mol. The zero-order valence-corrected chi connectivity index (χ0v) is 14.5. The van der Waals surface area contributed by atoms with Crippen molar-refractivity contribution in [3.8, 4) is 5.75 Å². The number of para-hydroxylation sites is 1. The van der Waals surface area contributed by atoms with E-state index < -0.39 is 0 Å². The normalized spacial score (nSPS) is 10.5. The van der Waals surface area contributed by atoms with Crippen molar-refractivity contribution in [3.05, 3.63) is 96.3 Å². The van der Waals surface area contributed by atoms with Crippen LogP contribution in [0.5, 0.6) is 5.75 Å². The van der Waals surface area contributed by atoms with E-state index in [1.165, 1.54) is 0 Å².